The van der Waals surface area contributed by atoms with Crippen molar-refractivity contribution in [2.24, 2.45) is 0 Å². The molecule has 0 unspecified atom stereocenters. The molecule has 0 atom stereocenters. The molecule has 0 radical (unpaired) electrons. The number of hydrogen-bond acceptors (Lipinski definition) is 1. The predicted molar refractivity (Wildman–Crippen MR) is 63.9 cm³/mol. The highest BCUT2D eigenvalue weighted by Gasteiger charge is 2.15. The molecule has 1 nitrogen and oxygen atoms in total. The largest absolute Gasteiger partial charge is 0.298 e. The van der Waals surface area contributed by atoms with Gasteiger partial charge in [-0.05, 0) is 41.4 Å². The van der Waals surface area contributed by atoms with E-state index in [1.54, 1.807) is 0 Å². The van der Waals surface area contributed by atoms with Gasteiger partial charge in [0.1, 0.15) is 0 Å². The standard InChI is InChI=1S/C14H15N/c1-10-6-7-12-9-15(2)8-11-4-3-5-13(10)14(11)12/h3-7H,8-9H2,1-2H3/i2D3,3D,4D,5D,6D,7D,8D2,9D2. The molecule has 0 spiro atoms. The Labute approximate surface area is 107 Å². The molecule has 0 aromatic heterocycles. The maximum absolute atomic E-state index is 8.33. The lowest BCUT2D eigenvalue weighted by Gasteiger charge is -2.26. The van der Waals surface area contributed by atoms with Gasteiger partial charge >= 0.3 is 0 Å². The van der Waals surface area contributed by atoms with Gasteiger partial charge in [-0.3, -0.25) is 4.90 Å². The summed E-state index contributed by atoms with van der Waals surface area (Å²) in [7, 11) is 0. The van der Waals surface area contributed by atoms with Crippen molar-refractivity contribution in [1.82, 2.24) is 4.90 Å². The average molecular weight is 209 g/mol. The van der Waals surface area contributed by atoms with E-state index in [0.29, 0.717) is 0 Å². The highest BCUT2D eigenvalue weighted by atomic mass is 15.1. The van der Waals surface area contributed by atoms with Crippen LogP contribution in [0.15, 0.2) is 30.2 Å². The van der Waals surface area contributed by atoms with Crippen molar-refractivity contribution in [3.8, 4) is 0 Å². The fraction of sp³-hybridized carbons (Fsp3) is 0.286. The van der Waals surface area contributed by atoms with Crippen LogP contribution in [0.5, 0.6) is 0 Å². The molecular formula is C14H15N. The van der Waals surface area contributed by atoms with Crippen molar-refractivity contribution in [3.63, 3.8) is 0 Å². The van der Waals surface area contributed by atoms with Crippen LogP contribution in [0.1, 0.15) is 33.1 Å². The molecule has 0 amide bonds. The molecule has 0 fully saturated rings. The van der Waals surface area contributed by atoms with Crippen molar-refractivity contribution in [1.29, 1.82) is 0 Å². The van der Waals surface area contributed by atoms with Gasteiger partial charge in [0.25, 0.3) is 0 Å². The van der Waals surface area contributed by atoms with Crippen LogP contribution >= 0.6 is 0 Å². The van der Waals surface area contributed by atoms with Gasteiger partial charge in [0, 0.05) is 22.6 Å². The van der Waals surface area contributed by atoms with Gasteiger partial charge in [-0.1, -0.05) is 30.2 Å². The Morgan fingerprint density at radius 1 is 1.27 bits per heavy atom. The van der Waals surface area contributed by atoms with Gasteiger partial charge in [0.05, 0.1) is 6.85 Å². The van der Waals surface area contributed by atoms with Crippen molar-refractivity contribution in [2.75, 3.05) is 6.98 Å². The van der Waals surface area contributed by atoms with E-state index in [2.05, 4.69) is 0 Å². The Bertz CT molecular complexity index is 922. The third-order valence-corrected chi connectivity index (χ3v) is 2.32. The minimum absolute atomic E-state index is 0.0436. The first-order valence-electron chi connectivity index (χ1n) is 10.4. The molecule has 1 heteroatoms. The third kappa shape index (κ3) is 1.27. The molecule has 1 aliphatic rings. The zero-order valence-electron chi connectivity index (χ0n) is 19.9. The SMILES string of the molecule is [2H]c1c([2H])c2c3c(c([2H])c([2H])c(C)c3c1[2H])C([2H])([2H])N(C([2H])([2H])[2H])C2([2H])[2H]. The van der Waals surface area contributed by atoms with E-state index in [1.807, 2.05) is 0 Å². The summed E-state index contributed by atoms with van der Waals surface area (Å²) in [6.45, 7) is -7.90. The number of nitrogens with zero attached hydrogens (tertiary/aromatic N) is 1. The Hall–Kier alpha value is -1.34. The van der Waals surface area contributed by atoms with Crippen LogP contribution in [-0.4, -0.2) is 11.9 Å². The van der Waals surface area contributed by atoms with Crippen molar-refractivity contribution in [3.05, 3.63) is 46.9 Å². The lowest BCUT2D eigenvalue weighted by atomic mass is 9.93. The summed E-state index contributed by atoms with van der Waals surface area (Å²) < 4.78 is 96.8. The van der Waals surface area contributed by atoms with E-state index in [9.17, 15) is 0 Å². The highest BCUT2D eigenvalue weighted by molar-refractivity contribution is 5.91. The zero-order valence-corrected chi connectivity index (χ0v) is 7.95. The zero-order chi connectivity index (χ0) is 20.9. The first kappa shape index (κ1) is 2.86. The number of rotatable bonds is 0. The molecule has 76 valence electrons. The normalized spacial score (nSPS) is 35.0. The molecule has 2 aromatic carbocycles. The maximum atomic E-state index is 8.33. The highest BCUT2D eigenvalue weighted by Crippen LogP contribution is 2.30. The van der Waals surface area contributed by atoms with Crippen LogP contribution in [0, 0.1) is 6.92 Å². The van der Waals surface area contributed by atoms with Crippen LogP contribution in [0.3, 0.4) is 0 Å². The van der Waals surface area contributed by atoms with Crippen LogP contribution < -0.4 is 0 Å². The molecular weight excluding hydrogens is 182 g/mol. The van der Waals surface area contributed by atoms with Gasteiger partial charge in [-0.15, -0.1) is 0 Å². The summed E-state index contributed by atoms with van der Waals surface area (Å²) in [4.78, 5) is -0.0436. The van der Waals surface area contributed by atoms with Crippen LogP contribution in [0.2, 0.25) is 0 Å². The molecule has 15 heavy (non-hydrogen) atoms. The summed E-state index contributed by atoms with van der Waals surface area (Å²) in [6.07, 6.45) is 0. The number of aryl methyl sites for hydroxylation is 1. The Balaban J connectivity index is 2.74. The fourth-order valence-corrected chi connectivity index (χ4v) is 1.64. The molecule has 1 aliphatic heterocycles. The topological polar surface area (TPSA) is 3.24 Å². The molecule has 0 bridgehead atoms. The first-order chi connectivity index (χ1) is 12.1. The monoisotopic (exact) mass is 209 g/mol. The predicted octanol–water partition coefficient (Wildman–Crippen LogP) is 3.09. The molecule has 0 aliphatic carbocycles. The van der Waals surface area contributed by atoms with Gasteiger partial charge in [0.2, 0.25) is 0 Å². The molecule has 2 aromatic rings. The van der Waals surface area contributed by atoms with Crippen molar-refractivity contribution >= 4 is 10.8 Å². The quantitative estimate of drug-likeness (QED) is 0.644. The fourth-order valence-electron chi connectivity index (χ4n) is 1.64. The van der Waals surface area contributed by atoms with Gasteiger partial charge in [-0.2, -0.15) is 0 Å². The lowest BCUT2D eigenvalue weighted by Crippen LogP contribution is -2.21. The van der Waals surface area contributed by atoms with E-state index in [1.165, 1.54) is 6.92 Å². The number of benzene rings is 2. The van der Waals surface area contributed by atoms with E-state index < -0.39 is 61.3 Å². The molecule has 0 N–H and O–H groups in total. The van der Waals surface area contributed by atoms with Crippen LogP contribution in [0.25, 0.3) is 10.8 Å². The molecule has 1 heterocycles. The summed E-state index contributed by atoms with van der Waals surface area (Å²) in [5, 5.41) is -0.380. The van der Waals surface area contributed by atoms with Gasteiger partial charge < -0.3 is 0 Å². The second-order valence-corrected chi connectivity index (χ2v) is 3.31. The Morgan fingerprint density at radius 3 is 2.87 bits per heavy atom. The molecule has 3 rings (SSSR count). The van der Waals surface area contributed by atoms with E-state index >= 15 is 0 Å². The average Bonchev–Trinajstić information content (AvgIpc) is 2.46. The Kier molecular flexibility index (Phi) is 0.587. The third-order valence-electron chi connectivity index (χ3n) is 2.32. The van der Waals surface area contributed by atoms with Crippen LogP contribution in [-0.2, 0) is 13.0 Å². The number of hydrogen-bond donors (Lipinski definition) is 0. The first-order valence-corrected chi connectivity index (χ1v) is 4.42. The summed E-state index contributed by atoms with van der Waals surface area (Å²) in [5.41, 5.74) is -1.07. The van der Waals surface area contributed by atoms with E-state index in [-0.39, 0.29) is 21.2 Å². The summed E-state index contributed by atoms with van der Waals surface area (Å²) in [6, 6.07) is -2.95. The summed E-state index contributed by atoms with van der Waals surface area (Å²) >= 11 is 0. The second kappa shape index (κ2) is 3.07. The lowest BCUT2D eigenvalue weighted by molar-refractivity contribution is 0.314. The summed E-state index contributed by atoms with van der Waals surface area (Å²) in [5.74, 6) is 0. The Morgan fingerprint density at radius 2 is 2.07 bits per heavy atom. The second-order valence-electron chi connectivity index (χ2n) is 3.31. The molecule has 0 saturated carbocycles. The van der Waals surface area contributed by atoms with E-state index in [0.717, 1.165) is 0 Å². The van der Waals surface area contributed by atoms with Crippen LogP contribution in [0.4, 0.5) is 0 Å². The van der Waals surface area contributed by atoms with E-state index in [4.69, 9.17) is 16.4 Å². The minimum Gasteiger partial charge on any atom is -0.298 e. The van der Waals surface area contributed by atoms with Gasteiger partial charge in [0.15, 0.2) is 0 Å². The maximum Gasteiger partial charge on any atom is 0.0629 e. The van der Waals surface area contributed by atoms with Crippen molar-refractivity contribution < 1.29 is 16.4 Å². The smallest absolute Gasteiger partial charge is 0.0629 e. The van der Waals surface area contributed by atoms with Gasteiger partial charge in [-0.25, -0.2) is 0 Å². The molecule has 0 saturated heterocycles. The van der Waals surface area contributed by atoms with Crippen molar-refractivity contribution in [2.45, 2.75) is 19.9 Å². The minimum atomic E-state index is -3.27.